The van der Waals surface area contributed by atoms with Crippen LogP contribution < -0.4 is 30.5 Å². The van der Waals surface area contributed by atoms with Crippen molar-refractivity contribution < 1.29 is 33.4 Å². The zero-order valence-corrected chi connectivity index (χ0v) is 43.1. The van der Waals surface area contributed by atoms with Crippen LogP contribution in [0.4, 0.5) is 27.2 Å². The van der Waals surface area contributed by atoms with Gasteiger partial charge in [0.2, 0.25) is 11.8 Å². The van der Waals surface area contributed by atoms with Crippen LogP contribution in [0.25, 0.3) is 32.2 Å². The van der Waals surface area contributed by atoms with Crippen molar-refractivity contribution in [1.29, 1.82) is 0 Å². The quantitative estimate of drug-likeness (QED) is 0.0692. The number of carbonyl (C=O) groups is 5. The van der Waals surface area contributed by atoms with E-state index in [-0.39, 0.29) is 42.9 Å². The first kappa shape index (κ1) is 49.9. The van der Waals surface area contributed by atoms with Crippen LogP contribution in [-0.2, 0) is 34.3 Å². The summed E-state index contributed by atoms with van der Waals surface area (Å²) in [5.41, 5.74) is 6.65. The number of anilines is 4. The molecule has 382 valence electrons. The number of benzene rings is 4. The van der Waals surface area contributed by atoms with Gasteiger partial charge >= 0.3 is 12.0 Å². The van der Waals surface area contributed by atoms with Crippen LogP contribution in [-0.4, -0.2) is 99.3 Å². The Morgan fingerprint density at radius 2 is 1.68 bits per heavy atom. The number of ether oxygens (including phenoxy) is 2. The Morgan fingerprint density at radius 3 is 2.47 bits per heavy atom. The molecule has 0 radical (unpaired) electrons. The van der Waals surface area contributed by atoms with Gasteiger partial charge in [-0.25, -0.2) is 19.6 Å². The van der Waals surface area contributed by atoms with Crippen LogP contribution in [0.5, 0.6) is 5.75 Å². The van der Waals surface area contributed by atoms with Crippen molar-refractivity contribution in [2.24, 2.45) is 13.0 Å². The molecule has 0 unspecified atom stereocenters. The van der Waals surface area contributed by atoms with Gasteiger partial charge in [0.05, 0.1) is 28.9 Å². The second kappa shape index (κ2) is 21.0. The summed E-state index contributed by atoms with van der Waals surface area (Å²) in [4.78, 5) is 80.6. The molecule has 3 N–H and O–H groups in total. The number of pyridine rings is 1. The molecule has 2 saturated heterocycles. The van der Waals surface area contributed by atoms with E-state index in [9.17, 15) is 24.0 Å². The zero-order chi connectivity index (χ0) is 51.7. The van der Waals surface area contributed by atoms with Gasteiger partial charge in [0.1, 0.15) is 17.2 Å². The fourth-order valence-corrected chi connectivity index (χ4v) is 11.0. The molecule has 0 spiro atoms. The number of hydrogen-bond donors (Lipinski definition) is 3. The molecule has 0 saturated carbocycles. The van der Waals surface area contributed by atoms with E-state index in [1.165, 1.54) is 16.2 Å². The highest BCUT2D eigenvalue weighted by Gasteiger charge is 2.30. The number of urea groups is 1. The standard InChI is InChI=1S/C56H60N10O7S/c1-34-38(39-20-21-47(59-50(39)53(70)73-56(2,3)4)65-28-24-36-12-8-14-40(42(36)32-65)52(69)61-54-58-43-15-6-7-17-46(43)74-54)13-9-16-45(34)72-30-10-11-35-22-26-64(27-23-35)33-49(68)57-37-18-19-41-44(31-37)63(5)62-51(41)66-29-25-48(67)60-55(66)71/h6-9,12-21,31,35H,10-11,22-30,32-33H2,1-5H3,(H,57,68)(H,58,61,69)(H,60,67,71). The number of nitrogens with zero attached hydrogens (tertiary/aromatic N) is 7. The number of thiazole rings is 1. The molecule has 0 atom stereocenters. The smallest absolute Gasteiger partial charge is 0.358 e. The first-order chi connectivity index (χ1) is 35.6. The van der Waals surface area contributed by atoms with E-state index in [1.807, 2.05) is 113 Å². The molecule has 17 nitrogen and oxygen atoms in total. The molecule has 7 aromatic rings. The minimum absolute atomic E-state index is 0.0954. The van der Waals surface area contributed by atoms with Gasteiger partial charge in [-0.15, -0.1) is 0 Å². The van der Waals surface area contributed by atoms with Gasteiger partial charge in [-0.2, -0.15) is 5.10 Å². The van der Waals surface area contributed by atoms with Crippen molar-refractivity contribution >= 4 is 84.6 Å². The molecular weight excluding hydrogens is 957 g/mol. The Hall–Kier alpha value is -7.70. The number of likely N-dealkylation sites (tertiary alicyclic amines) is 1. The lowest BCUT2D eigenvalue weighted by atomic mass is 9.92. The van der Waals surface area contributed by atoms with E-state index in [2.05, 4.69) is 41.9 Å². The number of amides is 5. The highest BCUT2D eigenvalue weighted by molar-refractivity contribution is 7.22. The number of esters is 1. The molecule has 74 heavy (non-hydrogen) atoms. The van der Waals surface area contributed by atoms with Gasteiger partial charge in [0, 0.05) is 55.3 Å². The fourth-order valence-electron chi connectivity index (χ4n) is 10.1. The highest BCUT2D eigenvalue weighted by Crippen LogP contribution is 2.36. The topological polar surface area (TPSA) is 193 Å². The maximum atomic E-state index is 14.0. The van der Waals surface area contributed by atoms with Gasteiger partial charge < -0.3 is 19.7 Å². The molecule has 6 heterocycles. The number of piperidine rings is 1. The van der Waals surface area contributed by atoms with Gasteiger partial charge in [-0.3, -0.25) is 39.5 Å². The summed E-state index contributed by atoms with van der Waals surface area (Å²) in [5, 5.41) is 14.2. The number of fused-ring (bicyclic) bond motifs is 3. The van der Waals surface area contributed by atoms with Crippen LogP contribution >= 0.6 is 11.3 Å². The molecule has 2 fully saturated rings. The number of nitrogens with one attached hydrogen (secondary N) is 3. The van der Waals surface area contributed by atoms with Crippen molar-refractivity contribution in [3.63, 3.8) is 0 Å². The van der Waals surface area contributed by atoms with Gasteiger partial charge in [0.15, 0.2) is 16.6 Å². The predicted octanol–water partition coefficient (Wildman–Crippen LogP) is 9.28. The second-order valence-electron chi connectivity index (χ2n) is 20.2. The Balaban J connectivity index is 0.741. The summed E-state index contributed by atoms with van der Waals surface area (Å²) in [6.07, 6.45) is 4.76. The molecular formula is C56H60N10O7S. The molecule has 18 heteroatoms. The molecule has 5 amide bonds. The number of para-hydroxylation sites is 1. The summed E-state index contributed by atoms with van der Waals surface area (Å²) in [7, 11) is 1.78. The number of rotatable bonds is 14. The van der Waals surface area contributed by atoms with Crippen molar-refractivity contribution in [2.75, 3.05) is 59.8 Å². The van der Waals surface area contributed by atoms with E-state index in [4.69, 9.17) is 14.5 Å². The van der Waals surface area contributed by atoms with Gasteiger partial charge in [0.25, 0.3) is 5.91 Å². The predicted molar refractivity (Wildman–Crippen MR) is 287 cm³/mol. The molecule has 3 aliphatic rings. The molecule has 10 rings (SSSR count). The van der Waals surface area contributed by atoms with Gasteiger partial charge in [-0.1, -0.05) is 47.7 Å². The lowest BCUT2D eigenvalue weighted by Crippen LogP contribution is -2.49. The highest BCUT2D eigenvalue weighted by atomic mass is 32.1. The van der Waals surface area contributed by atoms with Crippen LogP contribution in [0.1, 0.15) is 90.4 Å². The van der Waals surface area contributed by atoms with E-state index in [1.54, 1.807) is 11.7 Å². The largest absolute Gasteiger partial charge is 0.493 e. The summed E-state index contributed by atoms with van der Waals surface area (Å²) >= 11 is 1.44. The van der Waals surface area contributed by atoms with Crippen molar-refractivity contribution in [3.05, 3.63) is 119 Å². The first-order valence-electron chi connectivity index (χ1n) is 25.2. The summed E-state index contributed by atoms with van der Waals surface area (Å²) in [6, 6.07) is 28.4. The van der Waals surface area contributed by atoms with E-state index < -0.39 is 17.6 Å². The van der Waals surface area contributed by atoms with Crippen molar-refractivity contribution in [3.8, 4) is 16.9 Å². The Labute approximate surface area is 433 Å². The maximum absolute atomic E-state index is 14.0. The van der Waals surface area contributed by atoms with E-state index in [0.29, 0.717) is 65.6 Å². The third kappa shape index (κ3) is 11.0. The first-order valence-corrected chi connectivity index (χ1v) is 26.1. The zero-order valence-electron chi connectivity index (χ0n) is 42.3. The normalized spacial score (nSPS) is 15.5. The van der Waals surface area contributed by atoms with Gasteiger partial charge in [-0.05, 0) is 156 Å². The summed E-state index contributed by atoms with van der Waals surface area (Å²) < 4.78 is 15.1. The Bertz CT molecular complexity index is 3280. The number of imide groups is 1. The maximum Gasteiger partial charge on any atom is 0.358 e. The SMILES string of the molecule is Cc1c(OCCCC2CCN(CC(=O)Nc3ccc4c(N5CCC(=O)NC5=O)nn(C)c4c3)CC2)cccc1-c1ccc(N2CCc3cccc(C(=O)Nc4nc5ccccc5s4)c3C2)nc1C(=O)OC(C)(C)C. The molecule has 4 aromatic carbocycles. The van der Waals surface area contributed by atoms with Crippen molar-refractivity contribution in [2.45, 2.75) is 78.4 Å². The third-order valence-electron chi connectivity index (χ3n) is 13.9. The van der Waals surface area contributed by atoms with Crippen LogP contribution in [0.2, 0.25) is 0 Å². The molecule has 0 bridgehead atoms. The lowest BCUT2D eigenvalue weighted by molar-refractivity contribution is -0.120. The average Bonchev–Trinajstić information content (AvgIpc) is 3.94. The lowest BCUT2D eigenvalue weighted by Gasteiger charge is -2.31. The Morgan fingerprint density at radius 1 is 0.865 bits per heavy atom. The number of aryl methyl sites for hydroxylation is 1. The summed E-state index contributed by atoms with van der Waals surface area (Å²) in [6.45, 7) is 11.3. The van der Waals surface area contributed by atoms with E-state index in [0.717, 1.165) is 87.9 Å². The minimum atomic E-state index is -0.752. The average molecular weight is 1020 g/mol. The van der Waals surface area contributed by atoms with Crippen LogP contribution in [0, 0.1) is 12.8 Å². The van der Waals surface area contributed by atoms with Crippen LogP contribution in [0.3, 0.4) is 0 Å². The number of carbonyl (C=O) groups excluding carboxylic acids is 5. The number of hydrogen-bond acceptors (Lipinski definition) is 13. The fraction of sp³-hybridized carbons (Fsp3) is 0.357. The monoisotopic (exact) mass is 1020 g/mol. The summed E-state index contributed by atoms with van der Waals surface area (Å²) in [5.74, 6) is 1.20. The molecule has 0 aliphatic carbocycles. The van der Waals surface area contributed by atoms with E-state index >= 15 is 0 Å². The number of aromatic nitrogens is 4. The van der Waals surface area contributed by atoms with Crippen molar-refractivity contribution in [1.82, 2.24) is 30.0 Å². The van der Waals surface area contributed by atoms with Crippen LogP contribution in [0.15, 0.2) is 91.0 Å². The molecule has 3 aromatic heterocycles. The second-order valence-corrected chi connectivity index (χ2v) is 21.3. The Kier molecular flexibility index (Phi) is 14.2. The molecule has 3 aliphatic heterocycles. The third-order valence-corrected chi connectivity index (χ3v) is 14.9. The minimum Gasteiger partial charge on any atom is -0.493 e.